The van der Waals surface area contributed by atoms with E-state index in [0.717, 1.165) is 22.3 Å². The Kier molecular flexibility index (Phi) is 7.45. The SMILES string of the molecule is CN(C)CC(NC(=O)OCC1c2ccccc2-c2ccccc21)C(=O)NC(C(=O)O)C(F)(F)F. The number of carbonyl (C=O) groups excluding carboxylic acids is 2. The van der Waals surface area contributed by atoms with Crippen LogP contribution in [0.1, 0.15) is 17.0 Å². The van der Waals surface area contributed by atoms with Crippen molar-refractivity contribution in [2.75, 3.05) is 27.2 Å². The third-order valence-electron chi connectivity index (χ3n) is 5.36. The number of halogens is 3. The molecule has 0 radical (unpaired) electrons. The Morgan fingerprint density at radius 1 is 1.00 bits per heavy atom. The Hall–Kier alpha value is -3.60. The summed E-state index contributed by atoms with van der Waals surface area (Å²) in [6.45, 7) is -0.239. The minimum absolute atomic E-state index is 0.0591. The largest absolute Gasteiger partial charge is 0.479 e. The summed E-state index contributed by atoms with van der Waals surface area (Å²) in [5, 5.41) is 12.5. The van der Waals surface area contributed by atoms with Crippen LogP contribution in [0.4, 0.5) is 18.0 Å². The van der Waals surface area contributed by atoms with Crippen LogP contribution in [-0.4, -0.2) is 73.5 Å². The van der Waals surface area contributed by atoms with Crippen molar-refractivity contribution >= 4 is 18.0 Å². The van der Waals surface area contributed by atoms with Crippen LogP contribution in [0.2, 0.25) is 0 Å². The van der Waals surface area contributed by atoms with Gasteiger partial charge in [0.2, 0.25) is 11.9 Å². The smallest absolute Gasteiger partial charge is 0.419 e. The fourth-order valence-electron chi connectivity index (χ4n) is 3.87. The quantitative estimate of drug-likeness (QED) is 0.537. The molecule has 0 heterocycles. The third-order valence-corrected chi connectivity index (χ3v) is 5.36. The number of fused-ring (bicyclic) bond motifs is 3. The first-order valence-electron chi connectivity index (χ1n) is 10.3. The second kappa shape index (κ2) is 10.1. The number of hydrogen-bond acceptors (Lipinski definition) is 5. The summed E-state index contributed by atoms with van der Waals surface area (Å²) in [4.78, 5) is 37.3. The first-order valence-corrected chi connectivity index (χ1v) is 10.3. The third kappa shape index (κ3) is 5.66. The fraction of sp³-hybridized carbons (Fsp3) is 0.348. The van der Waals surface area contributed by atoms with Crippen molar-refractivity contribution in [3.63, 3.8) is 0 Å². The number of alkyl carbamates (subject to hydrolysis) is 1. The first-order chi connectivity index (χ1) is 16.0. The summed E-state index contributed by atoms with van der Waals surface area (Å²) >= 11 is 0. The Morgan fingerprint density at radius 3 is 2.00 bits per heavy atom. The molecule has 0 aromatic heterocycles. The lowest BCUT2D eigenvalue weighted by Gasteiger charge is -2.24. The predicted octanol–water partition coefficient (Wildman–Crippen LogP) is 2.59. The zero-order valence-electron chi connectivity index (χ0n) is 18.4. The van der Waals surface area contributed by atoms with Crippen LogP contribution in [0.15, 0.2) is 48.5 Å². The van der Waals surface area contributed by atoms with E-state index in [1.54, 1.807) is 0 Å². The molecular formula is C23H24F3N3O5. The molecule has 1 aliphatic rings. The molecular weight excluding hydrogens is 455 g/mol. The molecule has 2 amide bonds. The number of carbonyl (C=O) groups is 3. The van der Waals surface area contributed by atoms with Gasteiger partial charge in [0.1, 0.15) is 12.6 Å². The van der Waals surface area contributed by atoms with Crippen molar-refractivity contribution in [3.8, 4) is 11.1 Å². The van der Waals surface area contributed by atoms with E-state index < -0.39 is 36.2 Å². The van der Waals surface area contributed by atoms with Gasteiger partial charge in [-0.25, -0.2) is 9.59 Å². The molecule has 0 fully saturated rings. The molecule has 2 aromatic carbocycles. The maximum Gasteiger partial charge on any atom is 0.419 e. The number of aliphatic carboxylic acids is 1. The second-order valence-corrected chi connectivity index (χ2v) is 8.11. The van der Waals surface area contributed by atoms with Gasteiger partial charge in [-0.05, 0) is 36.3 Å². The van der Waals surface area contributed by atoms with Crippen LogP contribution in [-0.2, 0) is 14.3 Å². The molecule has 1 aliphatic carbocycles. The maximum atomic E-state index is 12.9. The standard InChI is InChI=1S/C23H24F3N3O5/c1-29(2)11-18(20(30)28-19(21(31)32)23(24,25)26)27-22(33)34-12-17-15-9-5-3-7-13(15)14-8-4-6-10-16(14)17/h3-10,17-19H,11-12H2,1-2H3,(H,27,33)(H,28,30)(H,31,32). The van der Waals surface area contributed by atoms with Gasteiger partial charge < -0.3 is 25.4 Å². The summed E-state index contributed by atoms with van der Waals surface area (Å²) in [5.41, 5.74) is 3.97. The fourth-order valence-corrected chi connectivity index (χ4v) is 3.87. The van der Waals surface area contributed by atoms with Crippen molar-refractivity contribution < 1.29 is 37.4 Å². The van der Waals surface area contributed by atoms with Crippen molar-refractivity contribution in [1.82, 2.24) is 15.5 Å². The lowest BCUT2D eigenvalue weighted by molar-refractivity contribution is -0.182. The van der Waals surface area contributed by atoms with E-state index in [-0.39, 0.29) is 19.1 Å². The number of likely N-dealkylation sites (N-methyl/N-ethyl adjacent to an activating group) is 1. The molecule has 2 aromatic rings. The van der Waals surface area contributed by atoms with E-state index in [9.17, 15) is 27.6 Å². The number of alkyl halides is 3. The van der Waals surface area contributed by atoms with Crippen LogP contribution in [0.3, 0.4) is 0 Å². The first kappa shape index (κ1) is 25.0. The number of carboxylic acids is 1. The highest BCUT2D eigenvalue weighted by Crippen LogP contribution is 2.44. The van der Waals surface area contributed by atoms with E-state index in [4.69, 9.17) is 9.84 Å². The van der Waals surface area contributed by atoms with Gasteiger partial charge in [-0.3, -0.25) is 4.79 Å². The molecule has 182 valence electrons. The number of amides is 2. The van der Waals surface area contributed by atoms with Gasteiger partial charge in [0, 0.05) is 12.5 Å². The second-order valence-electron chi connectivity index (χ2n) is 8.11. The molecule has 2 atom stereocenters. The summed E-state index contributed by atoms with van der Waals surface area (Å²) < 4.78 is 44.1. The minimum atomic E-state index is -5.20. The molecule has 0 spiro atoms. The van der Waals surface area contributed by atoms with Crippen LogP contribution in [0.25, 0.3) is 11.1 Å². The van der Waals surface area contributed by atoms with Crippen LogP contribution >= 0.6 is 0 Å². The minimum Gasteiger partial charge on any atom is -0.479 e. The van der Waals surface area contributed by atoms with Crippen LogP contribution < -0.4 is 10.6 Å². The number of benzene rings is 2. The number of nitrogens with zero attached hydrogens (tertiary/aromatic N) is 1. The highest BCUT2D eigenvalue weighted by atomic mass is 19.4. The molecule has 0 saturated carbocycles. The molecule has 0 bridgehead atoms. The summed E-state index contributed by atoms with van der Waals surface area (Å²) in [5.74, 6) is -3.81. The van der Waals surface area contributed by atoms with Gasteiger partial charge in [-0.15, -0.1) is 0 Å². The highest BCUT2D eigenvalue weighted by Gasteiger charge is 2.47. The zero-order valence-corrected chi connectivity index (χ0v) is 18.4. The average Bonchev–Trinajstić information content (AvgIpc) is 3.08. The predicted molar refractivity (Wildman–Crippen MR) is 116 cm³/mol. The van der Waals surface area contributed by atoms with Gasteiger partial charge >= 0.3 is 18.2 Å². The van der Waals surface area contributed by atoms with E-state index in [2.05, 4.69) is 5.32 Å². The van der Waals surface area contributed by atoms with Crippen molar-refractivity contribution in [2.45, 2.75) is 24.2 Å². The molecule has 11 heteroatoms. The Morgan fingerprint density at radius 2 is 1.53 bits per heavy atom. The van der Waals surface area contributed by atoms with Gasteiger partial charge in [0.05, 0.1) is 0 Å². The normalized spacial score (nSPS) is 14.6. The van der Waals surface area contributed by atoms with Gasteiger partial charge in [0.15, 0.2) is 0 Å². The lowest BCUT2D eigenvalue weighted by Crippen LogP contribution is -2.58. The van der Waals surface area contributed by atoms with Crippen molar-refractivity contribution in [1.29, 1.82) is 0 Å². The van der Waals surface area contributed by atoms with Crippen LogP contribution in [0, 0.1) is 0 Å². The summed E-state index contributed by atoms with van der Waals surface area (Å²) in [6, 6.07) is 10.7. The van der Waals surface area contributed by atoms with E-state index in [1.165, 1.54) is 24.3 Å². The maximum absolute atomic E-state index is 12.9. The summed E-state index contributed by atoms with van der Waals surface area (Å²) in [6.07, 6.45) is -6.21. The Labute approximate surface area is 193 Å². The van der Waals surface area contributed by atoms with Gasteiger partial charge in [0.25, 0.3) is 0 Å². The van der Waals surface area contributed by atoms with Crippen LogP contribution in [0.5, 0.6) is 0 Å². The number of ether oxygens (including phenoxy) is 1. The molecule has 3 rings (SSSR count). The van der Waals surface area contributed by atoms with E-state index >= 15 is 0 Å². The van der Waals surface area contributed by atoms with Gasteiger partial charge in [-0.2, -0.15) is 13.2 Å². The number of hydrogen-bond donors (Lipinski definition) is 3. The zero-order chi connectivity index (χ0) is 25.0. The molecule has 2 unspecified atom stereocenters. The topological polar surface area (TPSA) is 108 Å². The monoisotopic (exact) mass is 479 g/mol. The molecule has 0 aliphatic heterocycles. The average molecular weight is 479 g/mol. The van der Waals surface area contributed by atoms with Gasteiger partial charge in [-0.1, -0.05) is 48.5 Å². The lowest BCUT2D eigenvalue weighted by atomic mass is 9.98. The van der Waals surface area contributed by atoms with E-state index in [1.807, 2.05) is 48.5 Å². The van der Waals surface area contributed by atoms with E-state index in [0.29, 0.717) is 0 Å². The highest BCUT2D eigenvalue weighted by molar-refractivity contribution is 5.89. The molecule has 8 nitrogen and oxygen atoms in total. The number of carboxylic acid groups (broad SMARTS) is 1. The molecule has 34 heavy (non-hydrogen) atoms. The molecule has 3 N–H and O–H groups in total. The number of rotatable bonds is 8. The van der Waals surface area contributed by atoms with Crippen molar-refractivity contribution in [3.05, 3.63) is 59.7 Å². The summed E-state index contributed by atoms with van der Waals surface area (Å²) in [7, 11) is 3.08. The number of nitrogens with one attached hydrogen (secondary N) is 2. The Balaban J connectivity index is 1.69. The Bertz CT molecular complexity index is 1030. The molecule has 0 saturated heterocycles. The van der Waals surface area contributed by atoms with Crippen molar-refractivity contribution in [2.24, 2.45) is 0 Å².